The number of hydrogen-bond acceptors (Lipinski definition) is 8. The van der Waals surface area contributed by atoms with E-state index in [4.69, 9.17) is 20.2 Å². The third-order valence-electron chi connectivity index (χ3n) is 9.40. The summed E-state index contributed by atoms with van der Waals surface area (Å²) in [5.74, 6) is 0. The van der Waals surface area contributed by atoms with Crippen molar-refractivity contribution >= 4 is 0 Å². The van der Waals surface area contributed by atoms with Gasteiger partial charge in [-0.05, 0) is 42.4 Å². The van der Waals surface area contributed by atoms with Gasteiger partial charge in [-0.1, -0.05) is 129 Å². The van der Waals surface area contributed by atoms with Crippen molar-refractivity contribution in [2.24, 2.45) is 10.8 Å². The van der Waals surface area contributed by atoms with E-state index in [1.807, 2.05) is 151 Å². The van der Waals surface area contributed by atoms with Crippen molar-refractivity contribution in [3.8, 4) is 45.0 Å². The molecular formula is C52H66Ir2N4O4-2. The quantitative estimate of drug-likeness (QED) is 0.111. The van der Waals surface area contributed by atoms with Gasteiger partial charge in [-0.2, -0.15) is 0 Å². The van der Waals surface area contributed by atoms with Gasteiger partial charge >= 0.3 is 0 Å². The average Bonchev–Trinajstić information content (AvgIpc) is 3.21. The second-order valence-electron chi connectivity index (χ2n) is 18.2. The molecule has 4 N–H and O–H groups in total. The van der Waals surface area contributed by atoms with Crippen molar-refractivity contribution in [1.82, 2.24) is 19.9 Å². The zero-order valence-corrected chi connectivity index (χ0v) is 42.9. The van der Waals surface area contributed by atoms with E-state index in [-0.39, 0.29) is 68.7 Å². The fourth-order valence-electron chi connectivity index (χ4n) is 5.55. The minimum atomic E-state index is -0.443. The fourth-order valence-corrected chi connectivity index (χ4v) is 5.55. The maximum absolute atomic E-state index is 9.76. The predicted molar refractivity (Wildman–Crippen MR) is 246 cm³/mol. The van der Waals surface area contributed by atoms with E-state index < -0.39 is 12.2 Å². The minimum Gasteiger partial charge on any atom is -0.393 e. The molecule has 0 aliphatic heterocycles. The van der Waals surface area contributed by atoms with Gasteiger partial charge in [-0.15, -0.1) is 71.8 Å². The molecule has 0 aliphatic rings. The molecule has 4 unspecified atom stereocenters. The number of rotatable bonds is 8. The first-order chi connectivity index (χ1) is 28.2. The smallest absolute Gasteiger partial charge is 0.105 e. The number of aliphatic hydroxyl groups excluding tert-OH is 4. The summed E-state index contributed by atoms with van der Waals surface area (Å²) in [4.78, 5) is 18.2. The molecule has 0 saturated heterocycles. The number of aliphatic hydroxyl groups is 4. The van der Waals surface area contributed by atoms with E-state index in [0.29, 0.717) is 12.8 Å². The van der Waals surface area contributed by atoms with Gasteiger partial charge < -0.3 is 25.4 Å². The third-order valence-corrected chi connectivity index (χ3v) is 9.40. The summed E-state index contributed by atoms with van der Waals surface area (Å²) in [6.07, 6.45) is 2.74. The molecule has 0 aliphatic carbocycles. The predicted octanol–water partition coefficient (Wildman–Crippen LogP) is 10.8. The second kappa shape index (κ2) is 26.7. The van der Waals surface area contributed by atoms with Gasteiger partial charge in [0.1, 0.15) is 6.33 Å². The van der Waals surface area contributed by atoms with Crippen molar-refractivity contribution in [2.45, 2.75) is 119 Å². The topological polar surface area (TPSA) is 132 Å². The molecular weight excluding hydrogens is 1130 g/mol. The van der Waals surface area contributed by atoms with Gasteiger partial charge in [0.25, 0.3) is 0 Å². The first-order valence-corrected chi connectivity index (χ1v) is 20.6. The van der Waals surface area contributed by atoms with Crippen molar-refractivity contribution < 1.29 is 60.6 Å². The Morgan fingerprint density at radius 3 is 1.40 bits per heavy atom. The molecule has 10 heteroatoms. The van der Waals surface area contributed by atoms with Gasteiger partial charge in [0.15, 0.2) is 0 Å². The Kier molecular flexibility index (Phi) is 24.2. The summed E-state index contributed by atoms with van der Waals surface area (Å²) in [7, 11) is 0. The normalized spacial score (nSPS) is 13.0. The molecule has 0 bridgehead atoms. The maximum atomic E-state index is 9.76. The Bertz CT molecular complexity index is 2080. The van der Waals surface area contributed by atoms with Crippen LogP contribution in [0.5, 0.6) is 0 Å². The van der Waals surface area contributed by atoms with Crippen LogP contribution in [0.4, 0.5) is 0 Å². The molecule has 6 aromatic rings. The van der Waals surface area contributed by atoms with E-state index >= 15 is 0 Å². The van der Waals surface area contributed by atoms with Gasteiger partial charge in [0.2, 0.25) is 0 Å². The average molecular weight is 1200 g/mol. The van der Waals surface area contributed by atoms with E-state index in [2.05, 4.69) is 55.0 Å². The Morgan fingerprint density at radius 2 is 0.984 bits per heavy atom. The first-order valence-electron chi connectivity index (χ1n) is 20.6. The monoisotopic (exact) mass is 1200 g/mol. The number of benzene rings is 4. The molecule has 4 atom stereocenters. The van der Waals surface area contributed by atoms with E-state index in [0.717, 1.165) is 50.7 Å². The van der Waals surface area contributed by atoms with Gasteiger partial charge in [0, 0.05) is 75.2 Å². The fraction of sp³-hybridized carbons (Fsp3) is 0.385. The molecule has 8 nitrogen and oxygen atoms in total. The Labute approximate surface area is 398 Å². The van der Waals surface area contributed by atoms with Crippen LogP contribution >= 0.6 is 0 Å². The number of aromatic nitrogens is 4. The summed E-state index contributed by atoms with van der Waals surface area (Å²) < 4.78 is 0. The molecule has 0 amide bonds. The van der Waals surface area contributed by atoms with Crippen LogP contribution in [-0.2, 0) is 45.6 Å². The molecule has 2 heterocycles. The van der Waals surface area contributed by atoms with Crippen LogP contribution in [0.2, 0.25) is 0 Å². The van der Waals surface area contributed by atoms with Crippen LogP contribution < -0.4 is 0 Å². The van der Waals surface area contributed by atoms with Crippen LogP contribution in [0.25, 0.3) is 45.0 Å². The Morgan fingerprint density at radius 1 is 0.516 bits per heavy atom. The summed E-state index contributed by atoms with van der Waals surface area (Å²) in [6.45, 7) is 21.6. The second-order valence-corrected chi connectivity index (χ2v) is 18.2. The van der Waals surface area contributed by atoms with Gasteiger partial charge in [-0.3, -0.25) is 9.97 Å². The van der Waals surface area contributed by atoms with E-state index in [1.54, 1.807) is 20.2 Å². The van der Waals surface area contributed by atoms with Crippen LogP contribution in [0.1, 0.15) is 94.7 Å². The zero-order chi connectivity index (χ0) is 44.5. The molecule has 6 rings (SSSR count). The van der Waals surface area contributed by atoms with Gasteiger partial charge in [-0.25, -0.2) is 4.98 Å². The summed E-state index contributed by atoms with van der Waals surface area (Å²) in [5.41, 5.74) is 8.40. The van der Waals surface area contributed by atoms with Crippen molar-refractivity contribution in [1.29, 1.82) is 0 Å². The Balaban J connectivity index is 0.000000445. The largest absolute Gasteiger partial charge is 0.393 e. The SMILES string of the molecule is CC(C)(C)C(O)CC(O)C(C)(C)C.CC(C)(C)c1cc(-c2[c-]cccc2)ncn1.CC(O)CC(C)O.[Ir].[Ir].[c-]1ccccc1-c1ncc(-c2ccccc2)nc1-c1ccccc1. The number of nitrogens with zero attached hydrogens (tertiary/aromatic N) is 4. The molecule has 4 aromatic carbocycles. The first kappa shape index (κ1) is 56.2. The third kappa shape index (κ3) is 19.7. The van der Waals surface area contributed by atoms with E-state index in [9.17, 15) is 10.2 Å². The molecule has 0 fully saturated rings. The van der Waals surface area contributed by atoms with Crippen LogP contribution in [0.15, 0.2) is 128 Å². The molecule has 0 spiro atoms. The molecule has 0 saturated carbocycles. The van der Waals surface area contributed by atoms with Crippen LogP contribution in [-0.4, -0.2) is 64.8 Å². The van der Waals surface area contributed by atoms with Crippen molar-refractivity contribution in [2.75, 3.05) is 0 Å². The van der Waals surface area contributed by atoms with Crippen LogP contribution in [0, 0.1) is 23.0 Å². The van der Waals surface area contributed by atoms with Crippen molar-refractivity contribution in [3.05, 3.63) is 146 Å². The molecule has 2 aromatic heterocycles. The summed E-state index contributed by atoms with van der Waals surface area (Å²) in [6, 6.07) is 44.5. The number of hydrogen-bond donors (Lipinski definition) is 4. The zero-order valence-electron chi connectivity index (χ0n) is 38.1. The van der Waals surface area contributed by atoms with Gasteiger partial charge in [0.05, 0.1) is 35.8 Å². The summed E-state index contributed by atoms with van der Waals surface area (Å²) >= 11 is 0. The Hall–Kier alpha value is -3.82. The molecule has 338 valence electrons. The van der Waals surface area contributed by atoms with E-state index in [1.165, 1.54) is 0 Å². The maximum Gasteiger partial charge on any atom is 0.105 e. The summed E-state index contributed by atoms with van der Waals surface area (Å²) in [5, 5.41) is 36.6. The van der Waals surface area contributed by atoms with Crippen molar-refractivity contribution in [3.63, 3.8) is 0 Å². The minimum absolute atomic E-state index is 0. The standard InChI is InChI=1S/C22H15N2.C14H15N2.C11H24O2.C5H12O2.2Ir/c1-4-10-17(11-5-1)20-16-23-21(18-12-6-2-7-13-18)22(24-20)19-14-8-3-9-15-19;1-14(2,3)13-9-12(15-10-16-13)11-7-5-4-6-8-11;1-10(2,3)8(12)7-9(13)11(4,5)6;1-4(6)3-5(2)7;;/h1-12,14-16H;4-7,9-10H,1-3H3;8-9,12-13H,7H2,1-6H3;4-7H,3H2,1-2H3;;/q2*-1;;;;. The molecule has 2 radical (unpaired) electrons. The molecule has 62 heavy (non-hydrogen) atoms. The van der Waals surface area contributed by atoms with Crippen LogP contribution in [0.3, 0.4) is 0 Å².